The number of para-hydroxylation sites is 1. The summed E-state index contributed by atoms with van der Waals surface area (Å²) < 4.78 is 5.82. The van der Waals surface area contributed by atoms with Crippen molar-refractivity contribution >= 4 is 23.4 Å². The van der Waals surface area contributed by atoms with Crippen LogP contribution in [-0.2, 0) is 11.2 Å². The summed E-state index contributed by atoms with van der Waals surface area (Å²) in [5.41, 5.74) is 2.02. The van der Waals surface area contributed by atoms with Crippen molar-refractivity contribution in [2.24, 2.45) is 0 Å². The molecule has 5 heteroatoms. The van der Waals surface area contributed by atoms with Crippen molar-refractivity contribution in [2.45, 2.75) is 24.2 Å². The normalized spacial score (nSPS) is 13.9. The second kappa shape index (κ2) is 7.79. The quantitative estimate of drug-likeness (QED) is 0.667. The molecule has 0 saturated carbocycles. The standard InChI is InChI=1S/C21H20N2O2S/c24-21(23-13-6-14-26-19-10-5-4-9-17(19)23)12-11-20-22-15-18(25-20)16-7-2-1-3-8-16/h1-5,7-10,15H,6,11-14H2. The molecule has 0 saturated heterocycles. The van der Waals surface area contributed by atoms with Gasteiger partial charge in [-0.2, -0.15) is 0 Å². The largest absolute Gasteiger partial charge is 0.441 e. The van der Waals surface area contributed by atoms with E-state index >= 15 is 0 Å². The van der Waals surface area contributed by atoms with Crippen molar-refractivity contribution in [3.05, 3.63) is 66.7 Å². The molecule has 132 valence electrons. The van der Waals surface area contributed by atoms with E-state index in [2.05, 4.69) is 11.1 Å². The van der Waals surface area contributed by atoms with Crippen LogP contribution in [0, 0.1) is 0 Å². The smallest absolute Gasteiger partial charge is 0.227 e. The van der Waals surface area contributed by atoms with Crippen molar-refractivity contribution in [1.29, 1.82) is 0 Å². The number of anilines is 1. The molecule has 2 heterocycles. The van der Waals surface area contributed by atoms with Crippen LogP contribution in [0.15, 0.2) is 70.1 Å². The van der Waals surface area contributed by atoms with E-state index in [1.165, 1.54) is 4.90 Å². The average Bonchev–Trinajstić information content (AvgIpc) is 3.06. The van der Waals surface area contributed by atoms with E-state index in [0.29, 0.717) is 18.7 Å². The minimum atomic E-state index is 0.124. The highest BCUT2D eigenvalue weighted by molar-refractivity contribution is 7.99. The van der Waals surface area contributed by atoms with E-state index in [-0.39, 0.29) is 5.91 Å². The van der Waals surface area contributed by atoms with E-state index < -0.39 is 0 Å². The van der Waals surface area contributed by atoms with Crippen LogP contribution in [0.5, 0.6) is 0 Å². The summed E-state index contributed by atoms with van der Waals surface area (Å²) in [6, 6.07) is 18.0. The molecule has 0 atom stereocenters. The zero-order valence-corrected chi connectivity index (χ0v) is 15.2. The monoisotopic (exact) mass is 364 g/mol. The molecule has 4 rings (SSSR count). The maximum absolute atomic E-state index is 12.8. The summed E-state index contributed by atoms with van der Waals surface area (Å²) in [5.74, 6) is 2.51. The summed E-state index contributed by atoms with van der Waals surface area (Å²) >= 11 is 1.82. The molecule has 0 spiro atoms. The summed E-state index contributed by atoms with van der Waals surface area (Å²) in [6.07, 6.45) is 3.64. The minimum Gasteiger partial charge on any atom is -0.441 e. The van der Waals surface area contributed by atoms with Gasteiger partial charge < -0.3 is 9.32 Å². The van der Waals surface area contributed by atoms with E-state index in [0.717, 1.165) is 35.7 Å². The molecular weight excluding hydrogens is 344 g/mol. The van der Waals surface area contributed by atoms with Gasteiger partial charge >= 0.3 is 0 Å². The van der Waals surface area contributed by atoms with Gasteiger partial charge in [0.15, 0.2) is 11.7 Å². The van der Waals surface area contributed by atoms with E-state index in [1.807, 2.05) is 65.2 Å². The Labute approximate surface area is 157 Å². The molecule has 1 aliphatic heterocycles. The molecule has 0 radical (unpaired) electrons. The Morgan fingerprint density at radius 3 is 2.81 bits per heavy atom. The number of rotatable bonds is 4. The molecule has 26 heavy (non-hydrogen) atoms. The summed E-state index contributed by atoms with van der Waals surface area (Å²) in [5, 5.41) is 0. The molecule has 3 aromatic rings. The predicted molar refractivity (Wildman–Crippen MR) is 104 cm³/mol. The Bertz CT molecular complexity index is 892. The van der Waals surface area contributed by atoms with Gasteiger partial charge in [0.25, 0.3) is 0 Å². The number of amides is 1. The van der Waals surface area contributed by atoms with Crippen LogP contribution in [0.4, 0.5) is 5.69 Å². The first-order valence-corrected chi connectivity index (χ1v) is 9.82. The minimum absolute atomic E-state index is 0.124. The molecule has 0 aliphatic carbocycles. The lowest BCUT2D eigenvalue weighted by atomic mass is 10.2. The molecule has 2 aromatic carbocycles. The molecule has 1 aromatic heterocycles. The summed E-state index contributed by atoms with van der Waals surface area (Å²) in [6.45, 7) is 0.768. The van der Waals surface area contributed by atoms with E-state index in [9.17, 15) is 4.79 Å². The summed E-state index contributed by atoms with van der Waals surface area (Å²) in [7, 11) is 0. The van der Waals surface area contributed by atoms with Gasteiger partial charge in [-0.05, 0) is 24.3 Å². The zero-order valence-electron chi connectivity index (χ0n) is 14.4. The fourth-order valence-corrected chi connectivity index (χ4v) is 4.09. The van der Waals surface area contributed by atoms with Gasteiger partial charge in [0.05, 0.1) is 11.9 Å². The predicted octanol–water partition coefficient (Wildman–Crippen LogP) is 4.80. The second-order valence-electron chi connectivity index (χ2n) is 6.20. The number of benzene rings is 2. The number of thioether (sulfide) groups is 1. The molecule has 0 unspecified atom stereocenters. The van der Waals surface area contributed by atoms with Crippen molar-refractivity contribution in [3.8, 4) is 11.3 Å². The van der Waals surface area contributed by atoms with Crippen molar-refractivity contribution in [1.82, 2.24) is 4.98 Å². The van der Waals surface area contributed by atoms with Crippen LogP contribution < -0.4 is 4.90 Å². The maximum atomic E-state index is 12.8. The number of aryl methyl sites for hydroxylation is 1. The highest BCUT2D eigenvalue weighted by Crippen LogP contribution is 2.34. The molecule has 1 amide bonds. The molecular formula is C21H20N2O2S. The molecule has 1 aliphatic rings. The number of fused-ring (bicyclic) bond motifs is 1. The number of hydrogen-bond donors (Lipinski definition) is 0. The average molecular weight is 364 g/mol. The van der Waals surface area contributed by atoms with Gasteiger partial charge in [0, 0.05) is 29.8 Å². The third-order valence-corrected chi connectivity index (χ3v) is 5.55. The Balaban J connectivity index is 1.44. The van der Waals surface area contributed by atoms with Gasteiger partial charge in [-0.3, -0.25) is 4.79 Å². The Morgan fingerprint density at radius 1 is 1.12 bits per heavy atom. The topological polar surface area (TPSA) is 46.3 Å². The van der Waals surface area contributed by atoms with Gasteiger partial charge in [-0.25, -0.2) is 4.98 Å². The Morgan fingerprint density at radius 2 is 1.92 bits per heavy atom. The van der Waals surface area contributed by atoms with E-state index in [1.54, 1.807) is 6.20 Å². The highest BCUT2D eigenvalue weighted by atomic mass is 32.2. The number of aromatic nitrogens is 1. The van der Waals surface area contributed by atoms with Crippen molar-refractivity contribution in [3.63, 3.8) is 0 Å². The highest BCUT2D eigenvalue weighted by Gasteiger charge is 2.21. The van der Waals surface area contributed by atoms with Crippen LogP contribution in [0.25, 0.3) is 11.3 Å². The number of carbonyl (C=O) groups excluding carboxylic acids is 1. The molecule has 0 N–H and O–H groups in total. The van der Waals surface area contributed by atoms with Gasteiger partial charge in [-0.1, -0.05) is 42.5 Å². The fourth-order valence-electron chi connectivity index (χ4n) is 3.10. The van der Waals surface area contributed by atoms with Crippen LogP contribution in [0.1, 0.15) is 18.7 Å². The first-order chi connectivity index (χ1) is 12.8. The molecule has 0 bridgehead atoms. The lowest BCUT2D eigenvalue weighted by molar-refractivity contribution is -0.118. The lowest BCUT2D eigenvalue weighted by Crippen LogP contribution is -2.32. The fraction of sp³-hybridized carbons (Fsp3) is 0.238. The number of carbonyl (C=O) groups is 1. The van der Waals surface area contributed by atoms with Crippen molar-refractivity contribution < 1.29 is 9.21 Å². The summed E-state index contributed by atoms with van der Waals surface area (Å²) in [4.78, 5) is 20.2. The SMILES string of the molecule is O=C(CCc1ncc(-c2ccccc2)o1)N1CCCSc2ccccc21. The van der Waals surface area contributed by atoms with Crippen LogP contribution >= 0.6 is 11.8 Å². The number of oxazole rings is 1. The third-order valence-electron chi connectivity index (χ3n) is 4.41. The maximum Gasteiger partial charge on any atom is 0.227 e. The number of nitrogens with zero attached hydrogens (tertiary/aromatic N) is 2. The third kappa shape index (κ3) is 3.68. The Hall–Kier alpha value is -2.53. The second-order valence-corrected chi connectivity index (χ2v) is 7.34. The van der Waals surface area contributed by atoms with Gasteiger partial charge in [0.2, 0.25) is 5.91 Å². The Kier molecular flexibility index (Phi) is 5.07. The van der Waals surface area contributed by atoms with Gasteiger partial charge in [0.1, 0.15) is 0 Å². The van der Waals surface area contributed by atoms with Crippen LogP contribution in [0.2, 0.25) is 0 Å². The first kappa shape index (κ1) is 16.9. The lowest BCUT2D eigenvalue weighted by Gasteiger charge is -2.22. The van der Waals surface area contributed by atoms with Crippen LogP contribution in [-0.4, -0.2) is 23.2 Å². The zero-order chi connectivity index (χ0) is 17.8. The van der Waals surface area contributed by atoms with Crippen LogP contribution in [0.3, 0.4) is 0 Å². The number of hydrogen-bond acceptors (Lipinski definition) is 4. The van der Waals surface area contributed by atoms with Gasteiger partial charge in [-0.15, -0.1) is 11.8 Å². The first-order valence-electron chi connectivity index (χ1n) is 8.83. The molecule has 4 nitrogen and oxygen atoms in total. The van der Waals surface area contributed by atoms with Crippen molar-refractivity contribution in [2.75, 3.05) is 17.2 Å². The molecule has 0 fully saturated rings. The van der Waals surface area contributed by atoms with E-state index in [4.69, 9.17) is 4.42 Å².